The van der Waals surface area contributed by atoms with Gasteiger partial charge in [-0.2, -0.15) is 0 Å². The van der Waals surface area contributed by atoms with E-state index in [0.29, 0.717) is 0 Å². The maximum atomic E-state index is 4.49. The van der Waals surface area contributed by atoms with Gasteiger partial charge in [-0.25, -0.2) is 9.97 Å². The summed E-state index contributed by atoms with van der Waals surface area (Å²) in [6.07, 6.45) is 5.63. The van der Waals surface area contributed by atoms with Crippen LogP contribution in [0.1, 0.15) is 22.1 Å². The van der Waals surface area contributed by atoms with E-state index in [1.165, 1.54) is 5.56 Å². The molecule has 0 radical (unpaired) electrons. The second-order valence-corrected chi connectivity index (χ2v) is 7.30. The standard InChI is InChI=1S/C20H26N6S/c1-16-25-18(15-27-16)8-10-23-20(21-2)24-11-9-19-22-12-13-26(19)14-17-6-4-3-5-7-17/h3-7,12-13,15H,8-11,14H2,1-2H3,(H2,21,23,24). The number of thiazole rings is 1. The second kappa shape index (κ2) is 9.87. The van der Waals surface area contributed by atoms with Crippen molar-refractivity contribution in [2.45, 2.75) is 26.3 Å². The Kier molecular flexibility index (Phi) is 6.98. The first-order chi connectivity index (χ1) is 13.2. The van der Waals surface area contributed by atoms with Gasteiger partial charge in [-0.05, 0) is 12.5 Å². The number of imidazole rings is 1. The van der Waals surface area contributed by atoms with Crippen molar-refractivity contribution < 1.29 is 0 Å². The lowest BCUT2D eigenvalue weighted by Gasteiger charge is -2.12. The third-order valence-electron chi connectivity index (χ3n) is 4.20. The average Bonchev–Trinajstić information content (AvgIpc) is 3.30. The van der Waals surface area contributed by atoms with Gasteiger partial charge in [-0.15, -0.1) is 11.3 Å². The Hall–Kier alpha value is -2.67. The van der Waals surface area contributed by atoms with Gasteiger partial charge >= 0.3 is 0 Å². The summed E-state index contributed by atoms with van der Waals surface area (Å²) in [6, 6.07) is 10.4. The summed E-state index contributed by atoms with van der Waals surface area (Å²) in [7, 11) is 1.79. The molecule has 7 heteroatoms. The van der Waals surface area contributed by atoms with Crippen LogP contribution in [0.25, 0.3) is 0 Å². The zero-order valence-corrected chi connectivity index (χ0v) is 16.7. The fraction of sp³-hybridized carbons (Fsp3) is 0.350. The number of guanidine groups is 1. The topological polar surface area (TPSA) is 67.1 Å². The molecule has 0 amide bonds. The minimum Gasteiger partial charge on any atom is -0.356 e. The minimum atomic E-state index is 0.779. The van der Waals surface area contributed by atoms with Crippen molar-refractivity contribution in [2.75, 3.05) is 20.1 Å². The van der Waals surface area contributed by atoms with E-state index < -0.39 is 0 Å². The van der Waals surface area contributed by atoms with Gasteiger partial charge in [0.25, 0.3) is 0 Å². The number of nitrogens with one attached hydrogen (secondary N) is 2. The molecule has 2 heterocycles. The van der Waals surface area contributed by atoms with E-state index in [4.69, 9.17) is 0 Å². The summed E-state index contributed by atoms with van der Waals surface area (Å²) in [4.78, 5) is 13.3. The van der Waals surface area contributed by atoms with Gasteiger partial charge in [0, 0.05) is 57.3 Å². The van der Waals surface area contributed by atoms with Crippen LogP contribution in [-0.2, 0) is 19.4 Å². The molecule has 2 N–H and O–H groups in total. The molecule has 0 fully saturated rings. The SMILES string of the molecule is CN=C(NCCc1csc(C)n1)NCCc1nccn1Cc1ccccc1. The number of aliphatic imine (C=N–C) groups is 1. The summed E-state index contributed by atoms with van der Waals surface area (Å²) >= 11 is 1.69. The molecule has 0 unspecified atom stereocenters. The Bertz CT molecular complexity index is 852. The number of aryl methyl sites for hydroxylation is 1. The van der Waals surface area contributed by atoms with Gasteiger partial charge in [0.1, 0.15) is 5.82 Å². The summed E-state index contributed by atoms with van der Waals surface area (Å²) in [5, 5.41) is 9.92. The van der Waals surface area contributed by atoms with E-state index in [1.54, 1.807) is 18.4 Å². The Morgan fingerprint density at radius 3 is 2.63 bits per heavy atom. The zero-order chi connectivity index (χ0) is 18.9. The maximum absolute atomic E-state index is 4.49. The molecule has 0 bridgehead atoms. The van der Waals surface area contributed by atoms with E-state index in [2.05, 4.69) is 59.8 Å². The molecule has 0 spiro atoms. The first-order valence-electron chi connectivity index (χ1n) is 9.14. The van der Waals surface area contributed by atoms with Crippen LogP contribution in [-0.4, -0.2) is 40.6 Å². The predicted molar refractivity (Wildman–Crippen MR) is 111 cm³/mol. The van der Waals surface area contributed by atoms with Crippen LogP contribution in [0.2, 0.25) is 0 Å². The van der Waals surface area contributed by atoms with Gasteiger partial charge in [0.15, 0.2) is 5.96 Å². The van der Waals surface area contributed by atoms with Crippen molar-refractivity contribution >= 4 is 17.3 Å². The van der Waals surface area contributed by atoms with Crippen molar-refractivity contribution in [3.05, 3.63) is 70.2 Å². The predicted octanol–water partition coefficient (Wildman–Crippen LogP) is 2.65. The molecule has 0 aliphatic heterocycles. The van der Waals surface area contributed by atoms with E-state index in [0.717, 1.165) is 55.0 Å². The summed E-state index contributed by atoms with van der Waals surface area (Å²) < 4.78 is 2.19. The van der Waals surface area contributed by atoms with E-state index in [-0.39, 0.29) is 0 Å². The summed E-state index contributed by atoms with van der Waals surface area (Å²) in [5.74, 6) is 1.88. The molecular weight excluding hydrogens is 356 g/mol. The van der Waals surface area contributed by atoms with Gasteiger partial charge < -0.3 is 15.2 Å². The lowest BCUT2D eigenvalue weighted by molar-refractivity contribution is 0.693. The smallest absolute Gasteiger partial charge is 0.191 e. The first-order valence-corrected chi connectivity index (χ1v) is 10.0. The highest BCUT2D eigenvalue weighted by atomic mass is 32.1. The molecule has 0 saturated carbocycles. The third-order valence-corrected chi connectivity index (χ3v) is 5.02. The van der Waals surface area contributed by atoms with Crippen LogP contribution in [0, 0.1) is 6.92 Å². The van der Waals surface area contributed by atoms with Crippen LogP contribution < -0.4 is 10.6 Å². The average molecular weight is 383 g/mol. The monoisotopic (exact) mass is 382 g/mol. The molecular formula is C20H26N6S. The van der Waals surface area contributed by atoms with E-state index >= 15 is 0 Å². The van der Waals surface area contributed by atoms with Gasteiger partial charge in [0.2, 0.25) is 0 Å². The molecule has 0 atom stereocenters. The maximum Gasteiger partial charge on any atom is 0.191 e. The molecule has 1 aromatic carbocycles. The molecule has 3 aromatic rings. The molecule has 6 nitrogen and oxygen atoms in total. The van der Waals surface area contributed by atoms with Crippen molar-refractivity contribution in [3.63, 3.8) is 0 Å². The highest BCUT2D eigenvalue weighted by molar-refractivity contribution is 7.09. The Labute approximate surface area is 164 Å². The highest BCUT2D eigenvalue weighted by Crippen LogP contribution is 2.08. The van der Waals surface area contributed by atoms with Crippen molar-refractivity contribution in [3.8, 4) is 0 Å². The number of aromatic nitrogens is 3. The number of hydrogen-bond acceptors (Lipinski definition) is 4. The second-order valence-electron chi connectivity index (χ2n) is 6.24. The number of hydrogen-bond donors (Lipinski definition) is 2. The lowest BCUT2D eigenvalue weighted by atomic mass is 10.2. The fourth-order valence-electron chi connectivity index (χ4n) is 2.84. The van der Waals surface area contributed by atoms with Crippen LogP contribution in [0.3, 0.4) is 0 Å². The number of rotatable bonds is 8. The Morgan fingerprint density at radius 2 is 1.93 bits per heavy atom. The Morgan fingerprint density at radius 1 is 1.15 bits per heavy atom. The van der Waals surface area contributed by atoms with Crippen molar-refractivity contribution in [2.24, 2.45) is 4.99 Å². The van der Waals surface area contributed by atoms with Gasteiger partial charge in [-0.1, -0.05) is 30.3 Å². The van der Waals surface area contributed by atoms with Crippen LogP contribution in [0.4, 0.5) is 0 Å². The van der Waals surface area contributed by atoms with E-state index in [9.17, 15) is 0 Å². The molecule has 27 heavy (non-hydrogen) atoms. The van der Waals surface area contributed by atoms with Crippen LogP contribution >= 0.6 is 11.3 Å². The van der Waals surface area contributed by atoms with Crippen LogP contribution in [0.5, 0.6) is 0 Å². The number of benzene rings is 1. The molecule has 0 saturated heterocycles. The molecule has 0 aliphatic carbocycles. The Balaban J connectivity index is 1.42. The van der Waals surface area contributed by atoms with Gasteiger partial charge in [-0.3, -0.25) is 4.99 Å². The van der Waals surface area contributed by atoms with Crippen molar-refractivity contribution in [1.82, 2.24) is 25.2 Å². The van der Waals surface area contributed by atoms with Gasteiger partial charge in [0.05, 0.1) is 10.7 Å². The molecule has 142 valence electrons. The molecule has 0 aliphatic rings. The summed E-state index contributed by atoms with van der Waals surface area (Å²) in [5.41, 5.74) is 2.41. The highest BCUT2D eigenvalue weighted by Gasteiger charge is 2.05. The zero-order valence-electron chi connectivity index (χ0n) is 15.9. The quantitative estimate of drug-likeness (QED) is 0.464. The number of nitrogens with zero attached hydrogens (tertiary/aromatic N) is 4. The molecule has 3 rings (SSSR count). The molecule has 2 aromatic heterocycles. The lowest BCUT2D eigenvalue weighted by Crippen LogP contribution is -2.39. The van der Waals surface area contributed by atoms with Crippen molar-refractivity contribution in [1.29, 1.82) is 0 Å². The first kappa shape index (κ1) is 19.1. The van der Waals surface area contributed by atoms with Crippen LogP contribution in [0.15, 0.2) is 53.1 Å². The summed E-state index contributed by atoms with van der Waals surface area (Å²) in [6.45, 7) is 4.47. The minimum absolute atomic E-state index is 0.779. The fourth-order valence-corrected chi connectivity index (χ4v) is 3.48. The normalized spacial score (nSPS) is 11.6. The third kappa shape index (κ3) is 5.92. The largest absolute Gasteiger partial charge is 0.356 e. The van der Waals surface area contributed by atoms with E-state index in [1.807, 2.05) is 25.4 Å².